The average Bonchev–Trinajstić information content (AvgIpc) is 2.74. The van der Waals surface area contributed by atoms with E-state index in [2.05, 4.69) is 27.9 Å². The number of halogens is 2. The van der Waals surface area contributed by atoms with Crippen LogP contribution < -0.4 is 5.32 Å². The number of ether oxygens (including phenoxy) is 1. The summed E-state index contributed by atoms with van der Waals surface area (Å²) in [5.74, 6) is -0.0811. The molecule has 0 radical (unpaired) electrons. The molecule has 1 aromatic rings. The lowest BCUT2D eigenvalue weighted by Gasteiger charge is -2.11. The highest BCUT2D eigenvalue weighted by molar-refractivity contribution is 14.1. The Morgan fingerprint density at radius 2 is 2.38 bits per heavy atom. The molecule has 1 unspecified atom stereocenters. The van der Waals surface area contributed by atoms with Crippen LogP contribution in [0.5, 0.6) is 0 Å². The van der Waals surface area contributed by atoms with Crippen LogP contribution in [0.3, 0.4) is 0 Å². The van der Waals surface area contributed by atoms with E-state index < -0.39 is 0 Å². The fourth-order valence-electron chi connectivity index (χ4n) is 1.58. The number of rotatable bonds is 2. The maximum absolute atomic E-state index is 11.9. The van der Waals surface area contributed by atoms with Crippen molar-refractivity contribution in [3.05, 3.63) is 32.4 Å². The van der Waals surface area contributed by atoms with Gasteiger partial charge in [-0.05, 0) is 47.2 Å². The van der Waals surface area contributed by atoms with E-state index in [0.717, 1.165) is 16.6 Å². The van der Waals surface area contributed by atoms with Crippen molar-refractivity contribution < 1.29 is 9.53 Å². The number of amides is 1. The van der Waals surface area contributed by atoms with E-state index in [4.69, 9.17) is 16.3 Å². The van der Waals surface area contributed by atoms with Gasteiger partial charge in [-0.25, -0.2) is 0 Å². The van der Waals surface area contributed by atoms with Crippen molar-refractivity contribution in [2.24, 2.45) is 0 Å². The molecule has 1 saturated heterocycles. The molecule has 1 atom stereocenters. The molecule has 1 aliphatic rings. The second-order valence-electron chi connectivity index (χ2n) is 3.66. The van der Waals surface area contributed by atoms with Crippen molar-refractivity contribution >= 4 is 40.1 Å². The normalized spacial score (nSPS) is 19.8. The second-order valence-corrected chi connectivity index (χ2v) is 5.26. The van der Waals surface area contributed by atoms with Crippen LogP contribution in [0.4, 0.5) is 0 Å². The van der Waals surface area contributed by atoms with Crippen LogP contribution in [0.15, 0.2) is 18.2 Å². The van der Waals surface area contributed by atoms with Crippen molar-refractivity contribution in [3.8, 4) is 0 Å². The zero-order valence-corrected chi connectivity index (χ0v) is 11.4. The van der Waals surface area contributed by atoms with Crippen molar-refractivity contribution in [1.82, 2.24) is 5.32 Å². The largest absolute Gasteiger partial charge is 0.379 e. The first-order valence-corrected chi connectivity index (χ1v) is 6.46. The van der Waals surface area contributed by atoms with Crippen molar-refractivity contribution in [1.29, 1.82) is 0 Å². The minimum atomic E-state index is -0.0811. The number of nitrogens with one attached hydrogen (secondary N) is 1. The number of benzene rings is 1. The number of hydrogen-bond acceptors (Lipinski definition) is 2. The standard InChI is InChI=1S/C11H11ClINO2/c12-7-1-2-10(13)9(5-7)11(15)14-8-3-4-16-6-8/h1-2,5,8H,3-4,6H2,(H,14,15). The Balaban J connectivity index is 2.10. The van der Waals surface area contributed by atoms with Gasteiger partial charge >= 0.3 is 0 Å². The van der Waals surface area contributed by atoms with Crippen molar-refractivity contribution in [2.45, 2.75) is 12.5 Å². The highest BCUT2D eigenvalue weighted by Gasteiger charge is 2.19. The highest BCUT2D eigenvalue weighted by atomic mass is 127. The van der Waals surface area contributed by atoms with E-state index in [9.17, 15) is 4.79 Å². The summed E-state index contributed by atoms with van der Waals surface area (Å²) >= 11 is 8.00. The molecule has 0 saturated carbocycles. The number of carbonyl (C=O) groups excluding carboxylic acids is 1. The maximum atomic E-state index is 11.9. The zero-order valence-electron chi connectivity index (χ0n) is 8.50. The Morgan fingerprint density at radius 1 is 1.56 bits per heavy atom. The van der Waals surface area contributed by atoms with Gasteiger partial charge in [0.15, 0.2) is 0 Å². The van der Waals surface area contributed by atoms with Gasteiger partial charge in [-0.1, -0.05) is 11.6 Å². The fraction of sp³-hybridized carbons (Fsp3) is 0.364. The molecule has 0 aromatic heterocycles. The van der Waals surface area contributed by atoms with Gasteiger partial charge in [0.25, 0.3) is 5.91 Å². The van der Waals surface area contributed by atoms with Gasteiger partial charge in [0.05, 0.1) is 18.2 Å². The highest BCUT2D eigenvalue weighted by Crippen LogP contribution is 2.18. The molecule has 1 aliphatic heterocycles. The van der Waals surface area contributed by atoms with Gasteiger partial charge in [-0.3, -0.25) is 4.79 Å². The molecule has 2 rings (SSSR count). The van der Waals surface area contributed by atoms with Crippen molar-refractivity contribution in [3.63, 3.8) is 0 Å². The number of carbonyl (C=O) groups is 1. The topological polar surface area (TPSA) is 38.3 Å². The molecular formula is C11H11ClINO2. The van der Waals surface area contributed by atoms with E-state index in [0.29, 0.717) is 17.2 Å². The first-order valence-electron chi connectivity index (χ1n) is 5.00. The first-order chi connectivity index (χ1) is 7.66. The van der Waals surface area contributed by atoms with Crippen LogP contribution in [0, 0.1) is 3.57 Å². The molecule has 1 amide bonds. The van der Waals surface area contributed by atoms with Crippen LogP contribution in [0.25, 0.3) is 0 Å². The van der Waals surface area contributed by atoms with E-state index in [-0.39, 0.29) is 11.9 Å². The van der Waals surface area contributed by atoms with Crippen LogP contribution in [0.2, 0.25) is 5.02 Å². The van der Waals surface area contributed by atoms with Crippen LogP contribution in [-0.4, -0.2) is 25.2 Å². The third-order valence-electron chi connectivity index (χ3n) is 2.44. The molecule has 1 aromatic carbocycles. The lowest BCUT2D eigenvalue weighted by atomic mass is 10.2. The Hall–Kier alpha value is -0.330. The summed E-state index contributed by atoms with van der Waals surface area (Å²) in [6.07, 6.45) is 0.878. The Labute approximate surface area is 113 Å². The monoisotopic (exact) mass is 351 g/mol. The van der Waals surface area contributed by atoms with E-state index in [1.54, 1.807) is 12.1 Å². The van der Waals surface area contributed by atoms with E-state index in [1.165, 1.54) is 0 Å². The third kappa shape index (κ3) is 2.87. The molecule has 1 heterocycles. The third-order valence-corrected chi connectivity index (χ3v) is 3.61. The summed E-state index contributed by atoms with van der Waals surface area (Å²) in [4.78, 5) is 11.9. The summed E-state index contributed by atoms with van der Waals surface area (Å²) < 4.78 is 6.11. The minimum Gasteiger partial charge on any atom is -0.379 e. The van der Waals surface area contributed by atoms with Gasteiger partial charge in [-0.15, -0.1) is 0 Å². The first kappa shape index (κ1) is 12.1. The van der Waals surface area contributed by atoms with Crippen LogP contribution in [-0.2, 0) is 4.74 Å². The molecule has 0 bridgehead atoms. The van der Waals surface area contributed by atoms with Gasteiger partial charge in [0, 0.05) is 15.2 Å². The molecule has 1 fully saturated rings. The molecule has 0 spiro atoms. The molecular weight excluding hydrogens is 340 g/mol. The summed E-state index contributed by atoms with van der Waals surface area (Å²) in [6, 6.07) is 5.43. The number of hydrogen-bond donors (Lipinski definition) is 1. The average molecular weight is 352 g/mol. The fourth-order valence-corrected chi connectivity index (χ4v) is 2.34. The Kier molecular flexibility index (Phi) is 4.05. The SMILES string of the molecule is O=C(NC1CCOC1)c1cc(Cl)ccc1I. The van der Waals surface area contributed by atoms with Gasteiger partial charge in [0.2, 0.25) is 0 Å². The van der Waals surface area contributed by atoms with Gasteiger partial charge in [0.1, 0.15) is 0 Å². The quantitative estimate of drug-likeness (QED) is 0.831. The molecule has 5 heteroatoms. The van der Waals surface area contributed by atoms with Gasteiger partial charge in [-0.2, -0.15) is 0 Å². The van der Waals surface area contributed by atoms with Crippen LogP contribution in [0.1, 0.15) is 16.8 Å². The minimum absolute atomic E-state index is 0.0811. The summed E-state index contributed by atoms with van der Waals surface area (Å²) in [5, 5.41) is 3.51. The van der Waals surface area contributed by atoms with Gasteiger partial charge < -0.3 is 10.1 Å². The van der Waals surface area contributed by atoms with Crippen LogP contribution >= 0.6 is 34.2 Å². The van der Waals surface area contributed by atoms with E-state index in [1.807, 2.05) is 6.07 Å². The molecule has 16 heavy (non-hydrogen) atoms. The smallest absolute Gasteiger partial charge is 0.252 e. The summed E-state index contributed by atoms with van der Waals surface area (Å²) in [6.45, 7) is 1.32. The lowest BCUT2D eigenvalue weighted by molar-refractivity contribution is 0.0929. The predicted octanol–water partition coefficient (Wildman–Crippen LogP) is 2.46. The predicted molar refractivity (Wildman–Crippen MR) is 70.9 cm³/mol. The van der Waals surface area contributed by atoms with E-state index >= 15 is 0 Å². The Morgan fingerprint density at radius 3 is 3.06 bits per heavy atom. The molecule has 1 N–H and O–H groups in total. The molecule has 86 valence electrons. The molecule has 0 aliphatic carbocycles. The molecule has 3 nitrogen and oxygen atoms in total. The zero-order chi connectivity index (χ0) is 11.5. The summed E-state index contributed by atoms with van der Waals surface area (Å²) in [5.41, 5.74) is 0.625. The Bertz CT molecular complexity index is 405. The van der Waals surface area contributed by atoms with Crippen molar-refractivity contribution in [2.75, 3.05) is 13.2 Å². The lowest BCUT2D eigenvalue weighted by Crippen LogP contribution is -2.35. The summed E-state index contributed by atoms with van der Waals surface area (Å²) in [7, 11) is 0. The maximum Gasteiger partial charge on any atom is 0.252 e. The second kappa shape index (κ2) is 5.33.